The van der Waals surface area contributed by atoms with Gasteiger partial charge in [-0.05, 0) is 25.0 Å². The number of hydrogen-bond donors (Lipinski definition) is 1. The molecule has 0 aliphatic heterocycles. The standard InChI is InChI=1S/C14H20N4/c1-18(2)12-9-8-11-14(16-12)17-13(15-11)10-6-4-3-5-7-10/h8-10H,3-7H2,1-2H3,(H,15,16,17). The maximum atomic E-state index is 4.69. The second-order valence-corrected chi connectivity index (χ2v) is 5.39. The molecule has 4 nitrogen and oxygen atoms in total. The molecule has 0 radical (unpaired) electrons. The third-order valence-corrected chi connectivity index (χ3v) is 3.80. The van der Waals surface area contributed by atoms with Crippen LogP contribution >= 0.6 is 0 Å². The topological polar surface area (TPSA) is 44.8 Å². The molecule has 1 fully saturated rings. The molecule has 0 amide bonds. The van der Waals surface area contributed by atoms with E-state index in [9.17, 15) is 0 Å². The van der Waals surface area contributed by atoms with Crippen molar-refractivity contribution in [1.29, 1.82) is 0 Å². The second-order valence-electron chi connectivity index (χ2n) is 5.39. The Morgan fingerprint density at radius 2 is 1.89 bits per heavy atom. The summed E-state index contributed by atoms with van der Waals surface area (Å²) in [5.41, 5.74) is 1.91. The monoisotopic (exact) mass is 244 g/mol. The Morgan fingerprint density at radius 3 is 2.61 bits per heavy atom. The number of rotatable bonds is 2. The van der Waals surface area contributed by atoms with Gasteiger partial charge in [-0.3, -0.25) is 0 Å². The SMILES string of the molecule is CN(C)c1ccc2[nH]c(C3CCCCC3)nc2n1. The molecule has 1 aliphatic carbocycles. The number of nitrogens with zero attached hydrogens (tertiary/aromatic N) is 3. The second kappa shape index (κ2) is 4.59. The largest absolute Gasteiger partial charge is 0.363 e. The number of pyridine rings is 1. The summed E-state index contributed by atoms with van der Waals surface area (Å²) in [6, 6.07) is 4.11. The highest BCUT2D eigenvalue weighted by molar-refractivity contribution is 5.73. The first-order chi connectivity index (χ1) is 8.74. The van der Waals surface area contributed by atoms with Crippen molar-refractivity contribution in [2.24, 2.45) is 0 Å². The van der Waals surface area contributed by atoms with Crippen molar-refractivity contribution in [3.8, 4) is 0 Å². The Kier molecular flexibility index (Phi) is 2.94. The van der Waals surface area contributed by atoms with E-state index in [0.29, 0.717) is 5.92 Å². The molecule has 0 bridgehead atoms. The Labute approximate surface area is 107 Å². The van der Waals surface area contributed by atoms with E-state index in [-0.39, 0.29) is 0 Å². The van der Waals surface area contributed by atoms with Crippen LogP contribution in [0.2, 0.25) is 0 Å². The Morgan fingerprint density at radius 1 is 1.11 bits per heavy atom. The van der Waals surface area contributed by atoms with Gasteiger partial charge in [0.05, 0.1) is 5.52 Å². The van der Waals surface area contributed by atoms with Crippen molar-refractivity contribution in [1.82, 2.24) is 15.0 Å². The van der Waals surface area contributed by atoms with Gasteiger partial charge in [0.15, 0.2) is 5.65 Å². The van der Waals surface area contributed by atoms with Crippen molar-refractivity contribution in [3.05, 3.63) is 18.0 Å². The fourth-order valence-electron chi connectivity index (χ4n) is 2.72. The van der Waals surface area contributed by atoms with Crippen molar-refractivity contribution in [3.63, 3.8) is 0 Å². The van der Waals surface area contributed by atoms with Crippen molar-refractivity contribution < 1.29 is 0 Å². The molecule has 3 rings (SSSR count). The molecule has 1 aliphatic rings. The Hall–Kier alpha value is -1.58. The van der Waals surface area contributed by atoms with Crippen LogP contribution in [-0.4, -0.2) is 29.0 Å². The Bertz CT molecular complexity index is 538. The Balaban J connectivity index is 1.94. The third kappa shape index (κ3) is 2.07. The van der Waals surface area contributed by atoms with Gasteiger partial charge < -0.3 is 9.88 Å². The van der Waals surface area contributed by atoms with Crippen molar-refractivity contribution >= 4 is 17.0 Å². The van der Waals surface area contributed by atoms with Gasteiger partial charge in [-0.2, -0.15) is 0 Å². The third-order valence-electron chi connectivity index (χ3n) is 3.80. The molecule has 2 heterocycles. The molecule has 0 atom stereocenters. The number of anilines is 1. The molecule has 1 N–H and O–H groups in total. The summed E-state index contributed by atoms with van der Waals surface area (Å²) in [5, 5.41) is 0. The number of aromatic nitrogens is 3. The van der Waals surface area contributed by atoms with Crippen LogP contribution < -0.4 is 4.90 Å². The van der Waals surface area contributed by atoms with Gasteiger partial charge in [-0.15, -0.1) is 0 Å². The highest BCUT2D eigenvalue weighted by atomic mass is 15.1. The van der Waals surface area contributed by atoms with E-state index in [1.807, 2.05) is 25.1 Å². The molecular weight excluding hydrogens is 224 g/mol. The van der Waals surface area contributed by atoms with Crippen LogP contribution in [0.25, 0.3) is 11.2 Å². The molecule has 0 saturated heterocycles. The van der Waals surface area contributed by atoms with Gasteiger partial charge in [-0.25, -0.2) is 9.97 Å². The van der Waals surface area contributed by atoms with E-state index in [1.165, 1.54) is 32.1 Å². The molecule has 18 heavy (non-hydrogen) atoms. The smallest absolute Gasteiger partial charge is 0.179 e. The van der Waals surface area contributed by atoms with Gasteiger partial charge in [0.1, 0.15) is 11.6 Å². The summed E-state index contributed by atoms with van der Waals surface area (Å²) in [5.74, 6) is 2.70. The lowest BCUT2D eigenvalue weighted by atomic mass is 9.89. The zero-order valence-electron chi connectivity index (χ0n) is 11.1. The molecule has 0 unspecified atom stereocenters. The van der Waals surface area contributed by atoms with Crippen molar-refractivity contribution in [2.45, 2.75) is 38.0 Å². The van der Waals surface area contributed by atoms with E-state index < -0.39 is 0 Å². The first-order valence-electron chi connectivity index (χ1n) is 6.78. The molecule has 1 saturated carbocycles. The fourth-order valence-corrected chi connectivity index (χ4v) is 2.72. The fraction of sp³-hybridized carbons (Fsp3) is 0.571. The summed E-state index contributed by atoms with van der Waals surface area (Å²) in [6.45, 7) is 0. The minimum absolute atomic E-state index is 0.607. The van der Waals surface area contributed by atoms with E-state index in [4.69, 9.17) is 0 Å². The molecule has 0 aromatic carbocycles. The van der Waals surface area contributed by atoms with Crippen LogP contribution in [0.15, 0.2) is 12.1 Å². The van der Waals surface area contributed by atoms with Gasteiger partial charge in [0, 0.05) is 20.0 Å². The quantitative estimate of drug-likeness (QED) is 0.883. The minimum Gasteiger partial charge on any atom is -0.363 e. The van der Waals surface area contributed by atoms with Crippen LogP contribution in [0.1, 0.15) is 43.8 Å². The van der Waals surface area contributed by atoms with Crippen LogP contribution in [-0.2, 0) is 0 Å². The zero-order valence-corrected chi connectivity index (χ0v) is 11.1. The summed E-state index contributed by atoms with van der Waals surface area (Å²) >= 11 is 0. The highest BCUT2D eigenvalue weighted by Gasteiger charge is 2.19. The number of nitrogens with one attached hydrogen (secondary N) is 1. The minimum atomic E-state index is 0.607. The molecule has 2 aromatic rings. The van der Waals surface area contributed by atoms with Gasteiger partial charge in [0.2, 0.25) is 0 Å². The number of H-pyrrole nitrogens is 1. The molecule has 2 aromatic heterocycles. The lowest BCUT2D eigenvalue weighted by molar-refractivity contribution is 0.431. The van der Waals surface area contributed by atoms with E-state index in [1.54, 1.807) is 0 Å². The molecule has 96 valence electrons. The van der Waals surface area contributed by atoms with Crippen LogP contribution in [0, 0.1) is 0 Å². The first-order valence-corrected chi connectivity index (χ1v) is 6.78. The normalized spacial score (nSPS) is 17.2. The number of fused-ring (bicyclic) bond motifs is 1. The number of imidazole rings is 1. The summed E-state index contributed by atoms with van der Waals surface area (Å²) in [7, 11) is 4.01. The maximum absolute atomic E-state index is 4.69. The predicted molar refractivity (Wildman–Crippen MR) is 74.0 cm³/mol. The lowest BCUT2D eigenvalue weighted by Gasteiger charge is -2.18. The first kappa shape index (κ1) is 11.5. The van der Waals surface area contributed by atoms with Crippen molar-refractivity contribution in [2.75, 3.05) is 19.0 Å². The van der Waals surface area contributed by atoms with Gasteiger partial charge in [0.25, 0.3) is 0 Å². The summed E-state index contributed by atoms with van der Waals surface area (Å²) in [6.07, 6.45) is 6.57. The molecular formula is C14H20N4. The van der Waals surface area contributed by atoms with E-state index in [0.717, 1.165) is 22.8 Å². The molecule has 4 heteroatoms. The highest BCUT2D eigenvalue weighted by Crippen LogP contribution is 2.31. The zero-order chi connectivity index (χ0) is 12.5. The average Bonchev–Trinajstić information content (AvgIpc) is 2.82. The van der Waals surface area contributed by atoms with Gasteiger partial charge in [-0.1, -0.05) is 19.3 Å². The lowest BCUT2D eigenvalue weighted by Crippen LogP contribution is -2.10. The maximum Gasteiger partial charge on any atom is 0.179 e. The average molecular weight is 244 g/mol. The summed E-state index contributed by atoms with van der Waals surface area (Å²) < 4.78 is 0. The molecule has 0 spiro atoms. The van der Waals surface area contributed by atoms with Crippen LogP contribution in [0.3, 0.4) is 0 Å². The predicted octanol–water partition coefficient (Wildman–Crippen LogP) is 3.07. The van der Waals surface area contributed by atoms with Crippen LogP contribution in [0.4, 0.5) is 5.82 Å². The summed E-state index contributed by atoms with van der Waals surface area (Å²) in [4.78, 5) is 14.7. The number of hydrogen-bond acceptors (Lipinski definition) is 3. The number of aromatic amines is 1. The van der Waals surface area contributed by atoms with E-state index >= 15 is 0 Å². The van der Waals surface area contributed by atoms with Crippen LogP contribution in [0.5, 0.6) is 0 Å². The van der Waals surface area contributed by atoms with E-state index in [2.05, 4.69) is 21.0 Å². The van der Waals surface area contributed by atoms with Gasteiger partial charge >= 0.3 is 0 Å².